The van der Waals surface area contributed by atoms with Gasteiger partial charge in [-0.2, -0.15) is 11.8 Å². The van der Waals surface area contributed by atoms with Crippen LogP contribution in [0.4, 0.5) is 4.39 Å². The van der Waals surface area contributed by atoms with Crippen LogP contribution in [0.5, 0.6) is 0 Å². The molecule has 0 bridgehead atoms. The number of halogens is 2. The van der Waals surface area contributed by atoms with Gasteiger partial charge in [-0.3, -0.25) is 4.99 Å². The molecule has 116 valence electrons. The van der Waals surface area contributed by atoms with Crippen molar-refractivity contribution in [2.45, 2.75) is 37.1 Å². The SMILES string of the molecule is CN=C(NCc1cc(Br)ccc1F)NC1CCC(SC)C1. The summed E-state index contributed by atoms with van der Waals surface area (Å²) in [5, 5.41) is 7.35. The van der Waals surface area contributed by atoms with Gasteiger partial charge in [0.1, 0.15) is 5.82 Å². The second kappa shape index (κ2) is 8.03. The summed E-state index contributed by atoms with van der Waals surface area (Å²) in [5.41, 5.74) is 0.626. The number of thioether (sulfide) groups is 1. The average molecular weight is 374 g/mol. The van der Waals surface area contributed by atoms with Crippen molar-refractivity contribution in [2.75, 3.05) is 13.3 Å². The Balaban J connectivity index is 1.87. The lowest BCUT2D eigenvalue weighted by Gasteiger charge is -2.17. The number of guanidine groups is 1. The molecule has 1 fully saturated rings. The van der Waals surface area contributed by atoms with Gasteiger partial charge in [0.25, 0.3) is 0 Å². The van der Waals surface area contributed by atoms with Crippen LogP contribution in [0.3, 0.4) is 0 Å². The van der Waals surface area contributed by atoms with Crippen molar-refractivity contribution in [3.63, 3.8) is 0 Å². The highest BCUT2D eigenvalue weighted by atomic mass is 79.9. The minimum Gasteiger partial charge on any atom is -0.354 e. The summed E-state index contributed by atoms with van der Waals surface area (Å²) in [6.07, 6.45) is 5.73. The molecule has 0 aromatic heterocycles. The minimum absolute atomic E-state index is 0.204. The van der Waals surface area contributed by atoms with Gasteiger partial charge in [0.15, 0.2) is 5.96 Å². The van der Waals surface area contributed by atoms with Crippen molar-refractivity contribution in [1.29, 1.82) is 0 Å². The molecule has 1 aliphatic rings. The second-order valence-corrected chi connectivity index (χ2v) is 7.23. The van der Waals surface area contributed by atoms with Crippen molar-refractivity contribution in [2.24, 2.45) is 4.99 Å². The molecule has 0 aliphatic heterocycles. The van der Waals surface area contributed by atoms with Crippen LogP contribution < -0.4 is 10.6 Å². The Morgan fingerprint density at radius 1 is 1.48 bits per heavy atom. The number of benzene rings is 1. The number of nitrogens with zero attached hydrogens (tertiary/aromatic N) is 1. The van der Waals surface area contributed by atoms with E-state index in [1.807, 2.05) is 11.8 Å². The van der Waals surface area contributed by atoms with Crippen LogP contribution in [0.2, 0.25) is 0 Å². The molecule has 1 saturated carbocycles. The summed E-state index contributed by atoms with van der Waals surface area (Å²) in [4.78, 5) is 4.22. The van der Waals surface area contributed by atoms with Crippen LogP contribution >= 0.6 is 27.7 Å². The van der Waals surface area contributed by atoms with Gasteiger partial charge in [0, 0.05) is 34.9 Å². The fraction of sp³-hybridized carbons (Fsp3) is 0.533. The maximum Gasteiger partial charge on any atom is 0.191 e. The van der Waals surface area contributed by atoms with Crippen LogP contribution in [-0.4, -0.2) is 30.6 Å². The third kappa shape index (κ3) is 4.88. The lowest BCUT2D eigenvalue weighted by Crippen LogP contribution is -2.42. The molecule has 1 aromatic rings. The van der Waals surface area contributed by atoms with E-state index >= 15 is 0 Å². The summed E-state index contributed by atoms with van der Waals surface area (Å²) in [5.74, 6) is 0.533. The standard InChI is InChI=1S/C15H21BrFN3S/c1-18-15(20-12-4-5-13(8-12)21-2)19-9-10-7-11(16)3-6-14(10)17/h3,6-7,12-13H,4-5,8-9H2,1-2H3,(H2,18,19,20). The molecule has 21 heavy (non-hydrogen) atoms. The van der Waals surface area contributed by atoms with E-state index in [-0.39, 0.29) is 5.82 Å². The van der Waals surface area contributed by atoms with Gasteiger partial charge in [-0.25, -0.2) is 4.39 Å². The number of aliphatic imine (C=N–C) groups is 1. The molecule has 2 unspecified atom stereocenters. The van der Waals surface area contributed by atoms with Crippen molar-refractivity contribution >= 4 is 33.7 Å². The zero-order valence-electron chi connectivity index (χ0n) is 12.3. The molecule has 0 radical (unpaired) electrons. The molecule has 6 heteroatoms. The molecule has 0 saturated heterocycles. The Kier molecular flexibility index (Phi) is 6.36. The van der Waals surface area contributed by atoms with Gasteiger partial charge in [0.2, 0.25) is 0 Å². The fourth-order valence-corrected chi connectivity index (χ4v) is 3.74. The Labute approximate surface area is 138 Å². The number of nitrogens with one attached hydrogen (secondary N) is 2. The van der Waals surface area contributed by atoms with Crippen molar-refractivity contribution in [3.8, 4) is 0 Å². The molecule has 2 N–H and O–H groups in total. The van der Waals surface area contributed by atoms with E-state index in [0.29, 0.717) is 18.2 Å². The van der Waals surface area contributed by atoms with Gasteiger partial charge in [-0.1, -0.05) is 15.9 Å². The lowest BCUT2D eigenvalue weighted by atomic mass is 10.2. The monoisotopic (exact) mass is 373 g/mol. The second-order valence-electron chi connectivity index (χ2n) is 5.17. The van der Waals surface area contributed by atoms with Crippen LogP contribution in [0.25, 0.3) is 0 Å². The summed E-state index contributed by atoms with van der Waals surface area (Å²) in [7, 11) is 1.74. The maximum absolute atomic E-state index is 13.7. The first-order valence-electron chi connectivity index (χ1n) is 7.06. The van der Waals surface area contributed by atoms with Crippen LogP contribution in [0, 0.1) is 5.82 Å². The van der Waals surface area contributed by atoms with Gasteiger partial charge in [-0.15, -0.1) is 0 Å². The normalized spacial score (nSPS) is 22.4. The van der Waals surface area contributed by atoms with Gasteiger partial charge in [-0.05, 0) is 43.7 Å². The number of rotatable bonds is 4. The summed E-state index contributed by atoms with van der Waals surface area (Å²) < 4.78 is 14.6. The van der Waals surface area contributed by atoms with Gasteiger partial charge in [0.05, 0.1) is 0 Å². The average Bonchev–Trinajstić information content (AvgIpc) is 2.94. The lowest BCUT2D eigenvalue weighted by molar-refractivity contribution is 0.594. The summed E-state index contributed by atoms with van der Waals surface area (Å²) in [6.45, 7) is 0.420. The van der Waals surface area contributed by atoms with Crippen molar-refractivity contribution in [1.82, 2.24) is 10.6 Å². The Bertz CT molecular complexity index is 510. The third-order valence-corrected chi connectivity index (χ3v) is 5.32. The van der Waals surface area contributed by atoms with Crippen molar-refractivity contribution in [3.05, 3.63) is 34.1 Å². The highest BCUT2D eigenvalue weighted by molar-refractivity contribution is 9.10. The van der Waals surface area contributed by atoms with E-state index < -0.39 is 0 Å². The Hall–Kier alpha value is -0.750. The van der Waals surface area contributed by atoms with Crippen LogP contribution in [-0.2, 0) is 6.54 Å². The van der Waals surface area contributed by atoms with E-state index in [0.717, 1.165) is 28.5 Å². The summed E-state index contributed by atoms with van der Waals surface area (Å²) in [6, 6.07) is 5.42. The Morgan fingerprint density at radius 2 is 2.29 bits per heavy atom. The molecule has 1 aromatic carbocycles. The minimum atomic E-state index is -0.204. The Morgan fingerprint density at radius 3 is 2.95 bits per heavy atom. The molecular weight excluding hydrogens is 353 g/mol. The van der Waals surface area contributed by atoms with Gasteiger partial charge < -0.3 is 10.6 Å². The van der Waals surface area contributed by atoms with E-state index in [1.54, 1.807) is 19.2 Å². The smallest absolute Gasteiger partial charge is 0.191 e. The van der Waals surface area contributed by atoms with E-state index in [9.17, 15) is 4.39 Å². The van der Waals surface area contributed by atoms with E-state index in [2.05, 4.69) is 37.8 Å². The topological polar surface area (TPSA) is 36.4 Å². The van der Waals surface area contributed by atoms with E-state index in [1.165, 1.54) is 12.5 Å². The first kappa shape index (κ1) is 16.6. The quantitative estimate of drug-likeness (QED) is 0.625. The fourth-order valence-electron chi connectivity index (χ4n) is 2.53. The first-order valence-corrected chi connectivity index (χ1v) is 9.14. The molecule has 0 amide bonds. The predicted molar refractivity (Wildman–Crippen MR) is 92.4 cm³/mol. The van der Waals surface area contributed by atoms with Crippen molar-refractivity contribution < 1.29 is 4.39 Å². The molecular formula is C15H21BrFN3S. The highest BCUT2D eigenvalue weighted by Crippen LogP contribution is 2.28. The molecule has 2 atom stereocenters. The molecule has 0 heterocycles. The molecule has 3 nitrogen and oxygen atoms in total. The number of hydrogen-bond donors (Lipinski definition) is 2. The zero-order valence-corrected chi connectivity index (χ0v) is 14.7. The van der Waals surface area contributed by atoms with E-state index in [4.69, 9.17) is 0 Å². The first-order chi connectivity index (χ1) is 10.1. The molecule has 1 aliphatic carbocycles. The molecule has 2 rings (SSSR count). The predicted octanol–water partition coefficient (Wildman–Crippen LogP) is 3.54. The highest BCUT2D eigenvalue weighted by Gasteiger charge is 2.24. The molecule has 0 spiro atoms. The van der Waals surface area contributed by atoms with Crippen LogP contribution in [0.1, 0.15) is 24.8 Å². The van der Waals surface area contributed by atoms with Crippen LogP contribution in [0.15, 0.2) is 27.7 Å². The largest absolute Gasteiger partial charge is 0.354 e. The maximum atomic E-state index is 13.7. The summed E-state index contributed by atoms with van der Waals surface area (Å²) >= 11 is 5.29. The number of hydrogen-bond acceptors (Lipinski definition) is 2. The van der Waals surface area contributed by atoms with Gasteiger partial charge >= 0.3 is 0 Å². The third-order valence-electron chi connectivity index (χ3n) is 3.74. The zero-order chi connectivity index (χ0) is 15.2.